The van der Waals surface area contributed by atoms with Gasteiger partial charge in [-0.25, -0.2) is 4.79 Å². The Labute approximate surface area is 182 Å². The van der Waals surface area contributed by atoms with Gasteiger partial charge in [0.15, 0.2) is 5.58 Å². The number of ether oxygens (including phenoxy) is 1. The van der Waals surface area contributed by atoms with Gasteiger partial charge in [-0.15, -0.1) is 0 Å². The first-order chi connectivity index (χ1) is 15.3. The zero-order chi connectivity index (χ0) is 20.8. The summed E-state index contributed by atoms with van der Waals surface area (Å²) in [5.41, 5.74) is 5.24. The van der Waals surface area contributed by atoms with E-state index < -0.39 is 0 Å². The number of benzene rings is 2. The van der Waals surface area contributed by atoms with Gasteiger partial charge in [0.05, 0.1) is 18.7 Å². The van der Waals surface area contributed by atoms with Gasteiger partial charge in [0.2, 0.25) is 6.73 Å². The molecule has 1 saturated heterocycles. The number of piperidine rings is 1. The lowest BCUT2D eigenvalue weighted by Crippen LogP contribution is -3.20. The zero-order valence-corrected chi connectivity index (χ0v) is 17.9. The molecule has 0 amide bonds. The van der Waals surface area contributed by atoms with E-state index in [1.807, 2.05) is 0 Å². The number of hydrogen-bond acceptors (Lipinski definition) is 3. The molecule has 1 fully saturated rings. The number of likely N-dealkylation sites (tertiary alicyclic amines) is 1. The second-order valence-electron chi connectivity index (χ2n) is 9.43. The molecule has 1 aliphatic carbocycles. The molecular formula is C26H30N2O3+2. The van der Waals surface area contributed by atoms with Crippen molar-refractivity contribution in [2.24, 2.45) is 0 Å². The van der Waals surface area contributed by atoms with Gasteiger partial charge in [-0.2, -0.15) is 0 Å². The minimum absolute atomic E-state index is 0.140. The summed E-state index contributed by atoms with van der Waals surface area (Å²) in [5, 5.41) is 1.12. The van der Waals surface area contributed by atoms with Crippen LogP contribution in [-0.4, -0.2) is 25.9 Å². The van der Waals surface area contributed by atoms with Crippen molar-refractivity contribution < 1.29 is 19.0 Å². The van der Waals surface area contributed by atoms with Crippen molar-refractivity contribution in [1.29, 1.82) is 0 Å². The number of nitrogens with one attached hydrogen (secondary N) is 2. The summed E-state index contributed by atoms with van der Waals surface area (Å²) in [6.45, 7) is 5.10. The van der Waals surface area contributed by atoms with E-state index in [9.17, 15) is 4.79 Å². The third-order valence-electron chi connectivity index (χ3n) is 7.59. The fourth-order valence-electron chi connectivity index (χ4n) is 5.89. The average Bonchev–Trinajstić information content (AvgIpc) is 3.31. The molecule has 1 atom stereocenters. The summed E-state index contributed by atoms with van der Waals surface area (Å²) in [5.74, 6) is 0.893. The van der Waals surface area contributed by atoms with Crippen LogP contribution in [0.15, 0.2) is 51.7 Å². The van der Waals surface area contributed by atoms with Gasteiger partial charge in [-0.1, -0.05) is 30.3 Å². The van der Waals surface area contributed by atoms with Crippen molar-refractivity contribution in [2.45, 2.75) is 51.2 Å². The summed E-state index contributed by atoms with van der Waals surface area (Å²) in [6, 6.07) is 15.6. The van der Waals surface area contributed by atoms with Crippen LogP contribution in [0.4, 0.5) is 0 Å². The molecule has 2 aliphatic heterocycles. The molecule has 0 saturated carbocycles. The van der Waals surface area contributed by atoms with E-state index in [-0.39, 0.29) is 5.63 Å². The molecule has 1 aromatic heterocycles. The first-order valence-electron chi connectivity index (χ1n) is 11.7. The molecule has 160 valence electrons. The summed E-state index contributed by atoms with van der Waals surface area (Å²) >= 11 is 0. The predicted octanol–water partition coefficient (Wildman–Crippen LogP) is 1.26. The van der Waals surface area contributed by atoms with Crippen LogP contribution in [0.1, 0.15) is 41.5 Å². The van der Waals surface area contributed by atoms with Gasteiger partial charge in [-0.3, -0.25) is 4.90 Å². The standard InChI is InChI=1S/C26H28N2O3/c29-26-22-8-4-7-20(22)21-9-10-24-23(25(21)31-26)16-28(17-30-24)19-11-13-27(14-12-19)15-18-5-2-1-3-6-18/h1-3,5-6,9-10,19H,4,7-8,11-17H2/p+2. The molecule has 2 aromatic carbocycles. The number of aryl methyl sites for hydroxylation is 1. The Morgan fingerprint density at radius 2 is 1.74 bits per heavy atom. The summed E-state index contributed by atoms with van der Waals surface area (Å²) in [6.07, 6.45) is 5.30. The highest BCUT2D eigenvalue weighted by Gasteiger charge is 2.35. The van der Waals surface area contributed by atoms with E-state index in [2.05, 4.69) is 42.5 Å². The third-order valence-corrected chi connectivity index (χ3v) is 7.59. The molecule has 1 unspecified atom stereocenters. The van der Waals surface area contributed by atoms with Gasteiger partial charge < -0.3 is 14.1 Å². The topological polar surface area (TPSA) is 48.3 Å². The fourth-order valence-corrected chi connectivity index (χ4v) is 5.89. The molecule has 0 bridgehead atoms. The maximum Gasteiger partial charge on any atom is 0.339 e. The van der Waals surface area contributed by atoms with E-state index in [0.717, 1.165) is 60.2 Å². The molecule has 3 aromatic rings. The maximum atomic E-state index is 12.6. The predicted molar refractivity (Wildman–Crippen MR) is 119 cm³/mol. The van der Waals surface area contributed by atoms with Gasteiger partial charge in [0.25, 0.3) is 0 Å². The monoisotopic (exact) mass is 418 g/mol. The molecule has 5 heteroatoms. The van der Waals surface area contributed by atoms with Crippen molar-refractivity contribution in [2.75, 3.05) is 19.8 Å². The van der Waals surface area contributed by atoms with Gasteiger partial charge >= 0.3 is 5.63 Å². The lowest BCUT2D eigenvalue weighted by atomic mass is 9.99. The molecule has 3 aliphatic rings. The molecular weight excluding hydrogens is 388 g/mol. The van der Waals surface area contributed by atoms with Crippen molar-refractivity contribution in [3.05, 3.63) is 75.1 Å². The van der Waals surface area contributed by atoms with Crippen LogP contribution in [0.2, 0.25) is 0 Å². The first-order valence-corrected chi connectivity index (χ1v) is 11.7. The van der Waals surface area contributed by atoms with E-state index in [1.165, 1.54) is 42.0 Å². The van der Waals surface area contributed by atoms with E-state index in [0.29, 0.717) is 12.8 Å². The lowest BCUT2D eigenvalue weighted by molar-refractivity contribution is -0.981. The van der Waals surface area contributed by atoms with Crippen LogP contribution in [0.25, 0.3) is 11.0 Å². The van der Waals surface area contributed by atoms with E-state index in [4.69, 9.17) is 9.15 Å². The molecule has 5 nitrogen and oxygen atoms in total. The van der Waals surface area contributed by atoms with Crippen molar-refractivity contribution in [3.63, 3.8) is 0 Å². The van der Waals surface area contributed by atoms with Crippen LogP contribution in [-0.2, 0) is 25.9 Å². The Balaban J connectivity index is 1.20. The molecule has 2 N–H and O–H groups in total. The smallest absolute Gasteiger partial charge is 0.339 e. The second kappa shape index (κ2) is 7.81. The number of hydrogen-bond donors (Lipinski definition) is 2. The Bertz CT molecular complexity index is 1160. The fraction of sp³-hybridized carbons (Fsp3) is 0.423. The molecule has 3 heterocycles. The molecule has 31 heavy (non-hydrogen) atoms. The third kappa shape index (κ3) is 3.46. The molecule has 0 spiro atoms. The Morgan fingerprint density at radius 3 is 2.58 bits per heavy atom. The van der Waals surface area contributed by atoms with Crippen LogP contribution in [0.3, 0.4) is 0 Å². The van der Waals surface area contributed by atoms with E-state index in [1.54, 1.807) is 4.90 Å². The van der Waals surface area contributed by atoms with Crippen molar-refractivity contribution >= 4 is 11.0 Å². The minimum atomic E-state index is -0.140. The summed E-state index contributed by atoms with van der Waals surface area (Å²) in [7, 11) is 0. The highest BCUT2D eigenvalue weighted by molar-refractivity contribution is 5.86. The van der Waals surface area contributed by atoms with Gasteiger partial charge in [0.1, 0.15) is 24.9 Å². The van der Waals surface area contributed by atoms with Crippen molar-refractivity contribution in [1.82, 2.24) is 0 Å². The minimum Gasteiger partial charge on any atom is -0.445 e. The second-order valence-corrected chi connectivity index (χ2v) is 9.43. The largest absolute Gasteiger partial charge is 0.445 e. The van der Waals surface area contributed by atoms with Crippen LogP contribution >= 0.6 is 0 Å². The van der Waals surface area contributed by atoms with Crippen LogP contribution in [0, 0.1) is 0 Å². The quantitative estimate of drug-likeness (QED) is 0.630. The molecule has 6 rings (SSSR count). The average molecular weight is 419 g/mol. The Morgan fingerprint density at radius 1 is 0.935 bits per heavy atom. The number of rotatable bonds is 3. The SMILES string of the molecule is O=c1oc2c3c(ccc2c2c1CCC2)OC[NH+](C1CC[NH+](Cc2ccccc2)CC1)C3. The highest BCUT2D eigenvalue weighted by Crippen LogP contribution is 2.34. The van der Waals surface area contributed by atoms with Crippen LogP contribution < -0.4 is 20.2 Å². The lowest BCUT2D eigenvalue weighted by Gasteiger charge is -2.36. The van der Waals surface area contributed by atoms with Crippen molar-refractivity contribution in [3.8, 4) is 5.75 Å². The van der Waals surface area contributed by atoms with Crippen LogP contribution in [0.5, 0.6) is 5.75 Å². The molecule has 0 radical (unpaired) electrons. The summed E-state index contributed by atoms with van der Waals surface area (Å²) in [4.78, 5) is 15.7. The number of quaternary nitrogens is 2. The number of fused-ring (bicyclic) bond motifs is 5. The Kier molecular flexibility index (Phi) is 4.81. The highest BCUT2D eigenvalue weighted by atomic mass is 16.5. The first kappa shape index (κ1) is 19.1. The maximum absolute atomic E-state index is 12.6. The normalized spacial score (nSPS) is 25.1. The zero-order valence-electron chi connectivity index (χ0n) is 17.9. The Hall–Kier alpha value is -2.63. The van der Waals surface area contributed by atoms with E-state index >= 15 is 0 Å². The summed E-state index contributed by atoms with van der Waals surface area (Å²) < 4.78 is 12.0. The van der Waals surface area contributed by atoms with Gasteiger partial charge in [0, 0.05) is 29.4 Å². The van der Waals surface area contributed by atoms with Gasteiger partial charge in [-0.05, 0) is 37.0 Å².